The summed E-state index contributed by atoms with van der Waals surface area (Å²) in [5.74, 6) is 1.47. The topological polar surface area (TPSA) is 29.5 Å². The van der Waals surface area contributed by atoms with Gasteiger partial charge in [-0.05, 0) is 35.1 Å². The fraction of sp³-hybridized carbons (Fsp3) is 0.316. The summed E-state index contributed by atoms with van der Waals surface area (Å²) >= 11 is 0. The SMILES string of the molecule is O=C(CC1CCOc2ccccc21)N1Cc2ccccc2C1. The Labute approximate surface area is 130 Å². The second-order valence-electron chi connectivity index (χ2n) is 6.09. The van der Waals surface area contributed by atoms with Crippen LogP contribution < -0.4 is 4.74 Å². The maximum Gasteiger partial charge on any atom is 0.223 e. The highest BCUT2D eigenvalue weighted by Crippen LogP contribution is 2.36. The minimum Gasteiger partial charge on any atom is -0.493 e. The average molecular weight is 293 g/mol. The Balaban J connectivity index is 1.48. The van der Waals surface area contributed by atoms with Crippen molar-refractivity contribution in [3.8, 4) is 5.75 Å². The third kappa shape index (κ3) is 2.37. The number of ether oxygens (including phenoxy) is 1. The lowest BCUT2D eigenvalue weighted by atomic mass is 9.90. The fourth-order valence-corrected chi connectivity index (χ4v) is 3.48. The molecule has 1 atom stereocenters. The molecule has 0 N–H and O–H groups in total. The van der Waals surface area contributed by atoms with E-state index < -0.39 is 0 Å². The second-order valence-corrected chi connectivity index (χ2v) is 6.09. The molecule has 1 unspecified atom stereocenters. The third-order valence-electron chi connectivity index (χ3n) is 4.70. The normalized spacial score (nSPS) is 19.3. The molecule has 2 aliphatic heterocycles. The molecule has 0 radical (unpaired) electrons. The van der Waals surface area contributed by atoms with Gasteiger partial charge in [-0.2, -0.15) is 0 Å². The van der Waals surface area contributed by atoms with Gasteiger partial charge in [0.1, 0.15) is 5.75 Å². The maximum absolute atomic E-state index is 12.7. The van der Waals surface area contributed by atoms with Gasteiger partial charge in [0.15, 0.2) is 0 Å². The van der Waals surface area contributed by atoms with Gasteiger partial charge in [-0.15, -0.1) is 0 Å². The molecule has 2 aromatic carbocycles. The number of hydrogen-bond acceptors (Lipinski definition) is 2. The van der Waals surface area contributed by atoms with Crippen molar-refractivity contribution in [2.75, 3.05) is 6.61 Å². The first kappa shape index (κ1) is 13.4. The van der Waals surface area contributed by atoms with Crippen LogP contribution in [-0.2, 0) is 17.9 Å². The maximum atomic E-state index is 12.7. The average Bonchev–Trinajstić information content (AvgIpc) is 2.99. The molecule has 0 saturated heterocycles. The van der Waals surface area contributed by atoms with Crippen molar-refractivity contribution in [2.45, 2.75) is 31.8 Å². The first-order valence-corrected chi connectivity index (χ1v) is 7.87. The number of nitrogens with zero attached hydrogens (tertiary/aromatic N) is 1. The number of benzene rings is 2. The van der Waals surface area contributed by atoms with Gasteiger partial charge in [-0.25, -0.2) is 0 Å². The van der Waals surface area contributed by atoms with Crippen molar-refractivity contribution in [1.82, 2.24) is 4.90 Å². The summed E-state index contributed by atoms with van der Waals surface area (Å²) in [6.45, 7) is 2.20. The number of carbonyl (C=O) groups excluding carboxylic acids is 1. The van der Waals surface area contributed by atoms with E-state index >= 15 is 0 Å². The Morgan fingerprint density at radius 1 is 1.05 bits per heavy atom. The van der Waals surface area contributed by atoms with E-state index in [1.54, 1.807) is 0 Å². The van der Waals surface area contributed by atoms with E-state index in [4.69, 9.17) is 4.74 Å². The van der Waals surface area contributed by atoms with Crippen molar-refractivity contribution < 1.29 is 9.53 Å². The molecule has 3 nitrogen and oxygen atoms in total. The largest absolute Gasteiger partial charge is 0.493 e. The molecular formula is C19H19NO2. The minimum absolute atomic E-state index is 0.248. The van der Waals surface area contributed by atoms with Crippen LogP contribution in [-0.4, -0.2) is 17.4 Å². The third-order valence-corrected chi connectivity index (χ3v) is 4.70. The minimum atomic E-state index is 0.248. The lowest BCUT2D eigenvalue weighted by Gasteiger charge is -2.27. The molecule has 3 heteroatoms. The Morgan fingerprint density at radius 2 is 1.73 bits per heavy atom. The summed E-state index contributed by atoms with van der Waals surface area (Å²) in [4.78, 5) is 14.7. The van der Waals surface area contributed by atoms with Crippen LogP contribution in [0.4, 0.5) is 0 Å². The molecule has 0 saturated carbocycles. The summed E-state index contributed by atoms with van der Waals surface area (Å²) in [7, 11) is 0. The zero-order valence-corrected chi connectivity index (χ0v) is 12.5. The molecule has 1 amide bonds. The van der Waals surface area contributed by atoms with E-state index in [-0.39, 0.29) is 11.8 Å². The Morgan fingerprint density at radius 3 is 2.50 bits per heavy atom. The first-order valence-electron chi connectivity index (χ1n) is 7.87. The number of carbonyl (C=O) groups is 1. The quantitative estimate of drug-likeness (QED) is 0.848. The summed E-state index contributed by atoms with van der Waals surface area (Å²) in [6.07, 6.45) is 1.50. The van der Waals surface area contributed by atoms with Crippen LogP contribution in [0.5, 0.6) is 5.75 Å². The number of rotatable bonds is 2. The number of amides is 1. The Kier molecular flexibility index (Phi) is 3.34. The first-order chi connectivity index (χ1) is 10.8. The summed E-state index contributed by atoms with van der Waals surface area (Å²) in [6, 6.07) is 16.4. The molecule has 0 bridgehead atoms. The van der Waals surface area contributed by atoms with Gasteiger partial charge in [-0.3, -0.25) is 4.79 Å². The second kappa shape index (κ2) is 5.48. The van der Waals surface area contributed by atoms with E-state index in [2.05, 4.69) is 18.2 Å². The van der Waals surface area contributed by atoms with Gasteiger partial charge < -0.3 is 9.64 Å². The fourth-order valence-electron chi connectivity index (χ4n) is 3.48. The molecule has 22 heavy (non-hydrogen) atoms. The van der Waals surface area contributed by atoms with Crippen molar-refractivity contribution in [3.63, 3.8) is 0 Å². The number of hydrogen-bond donors (Lipinski definition) is 0. The van der Waals surface area contributed by atoms with Crippen molar-refractivity contribution in [2.24, 2.45) is 0 Å². The van der Waals surface area contributed by atoms with Crippen LogP contribution in [0.15, 0.2) is 48.5 Å². The van der Waals surface area contributed by atoms with Gasteiger partial charge in [0.2, 0.25) is 5.91 Å². The van der Waals surface area contributed by atoms with Gasteiger partial charge in [-0.1, -0.05) is 42.5 Å². The van der Waals surface area contributed by atoms with Crippen LogP contribution in [0.3, 0.4) is 0 Å². The van der Waals surface area contributed by atoms with Crippen LogP contribution in [0, 0.1) is 0 Å². The van der Waals surface area contributed by atoms with Gasteiger partial charge >= 0.3 is 0 Å². The van der Waals surface area contributed by atoms with E-state index in [1.165, 1.54) is 16.7 Å². The van der Waals surface area contributed by atoms with Gasteiger partial charge in [0, 0.05) is 19.5 Å². The lowest BCUT2D eigenvalue weighted by molar-refractivity contribution is -0.132. The molecule has 0 spiro atoms. The molecular weight excluding hydrogens is 274 g/mol. The molecule has 2 aromatic rings. The highest BCUT2D eigenvalue weighted by atomic mass is 16.5. The standard InChI is InChI=1S/C19H19NO2/c21-19(20-12-15-5-1-2-6-16(15)13-20)11-14-9-10-22-18-8-4-3-7-17(14)18/h1-8,14H,9-13H2. The summed E-state index contributed by atoms with van der Waals surface area (Å²) < 4.78 is 5.69. The van der Waals surface area contributed by atoms with Crippen molar-refractivity contribution >= 4 is 5.91 Å². The molecule has 4 rings (SSSR count). The number of para-hydroxylation sites is 1. The van der Waals surface area contributed by atoms with Gasteiger partial charge in [0.05, 0.1) is 6.61 Å². The van der Waals surface area contributed by atoms with Crippen LogP contribution in [0.2, 0.25) is 0 Å². The van der Waals surface area contributed by atoms with Crippen LogP contribution >= 0.6 is 0 Å². The molecule has 2 heterocycles. The molecule has 112 valence electrons. The predicted molar refractivity (Wildman–Crippen MR) is 84.6 cm³/mol. The van der Waals surface area contributed by atoms with Crippen molar-refractivity contribution in [3.05, 3.63) is 65.2 Å². The summed E-state index contributed by atoms with van der Waals surface area (Å²) in [5, 5.41) is 0. The van der Waals surface area contributed by atoms with Crippen LogP contribution in [0.25, 0.3) is 0 Å². The molecule has 0 aromatic heterocycles. The molecule has 0 aliphatic carbocycles. The van der Waals surface area contributed by atoms with Crippen molar-refractivity contribution in [1.29, 1.82) is 0 Å². The van der Waals surface area contributed by atoms with E-state index in [0.717, 1.165) is 25.3 Å². The Hall–Kier alpha value is -2.29. The van der Waals surface area contributed by atoms with Gasteiger partial charge in [0.25, 0.3) is 0 Å². The van der Waals surface area contributed by atoms with E-state index in [0.29, 0.717) is 13.0 Å². The van der Waals surface area contributed by atoms with E-state index in [1.807, 2.05) is 35.2 Å². The monoisotopic (exact) mass is 293 g/mol. The Bertz CT molecular complexity index is 685. The zero-order chi connectivity index (χ0) is 14.9. The highest BCUT2D eigenvalue weighted by molar-refractivity contribution is 5.78. The predicted octanol–water partition coefficient (Wildman–Crippen LogP) is 3.49. The lowest BCUT2D eigenvalue weighted by Crippen LogP contribution is -2.28. The number of fused-ring (bicyclic) bond motifs is 2. The van der Waals surface area contributed by atoms with Crippen LogP contribution in [0.1, 0.15) is 35.4 Å². The zero-order valence-electron chi connectivity index (χ0n) is 12.5. The smallest absolute Gasteiger partial charge is 0.223 e. The highest BCUT2D eigenvalue weighted by Gasteiger charge is 2.28. The van der Waals surface area contributed by atoms with E-state index in [9.17, 15) is 4.79 Å². The molecule has 0 fully saturated rings. The summed E-state index contributed by atoms with van der Waals surface area (Å²) in [5.41, 5.74) is 3.74. The molecule has 2 aliphatic rings.